The fraction of sp³-hybridized carbons (Fsp3) is 0.393. The molecule has 1 saturated heterocycles. The lowest BCUT2D eigenvalue weighted by Crippen LogP contribution is -2.61. The Morgan fingerprint density at radius 1 is 1.14 bits per heavy atom. The summed E-state index contributed by atoms with van der Waals surface area (Å²) in [7, 11) is 0. The maximum atomic E-state index is 13.3. The van der Waals surface area contributed by atoms with Crippen molar-refractivity contribution in [2.45, 2.75) is 51.9 Å². The average Bonchev–Trinajstić information content (AvgIpc) is 3.31. The number of carbonyl (C=O) groups excluding carboxylic acids is 1. The zero-order valence-electron chi connectivity index (χ0n) is 21.0. The summed E-state index contributed by atoms with van der Waals surface area (Å²) >= 11 is 0. The molecule has 1 aliphatic heterocycles. The van der Waals surface area contributed by atoms with Gasteiger partial charge in [0.05, 0.1) is 29.7 Å². The molecule has 1 N–H and O–H groups in total. The van der Waals surface area contributed by atoms with Crippen LogP contribution in [-0.2, 0) is 11.3 Å². The Hall–Kier alpha value is -3.63. The summed E-state index contributed by atoms with van der Waals surface area (Å²) in [6, 6.07) is 19.9. The van der Waals surface area contributed by atoms with E-state index in [2.05, 4.69) is 49.8 Å². The van der Waals surface area contributed by atoms with E-state index in [-0.39, 0.29) is 23.5 Å². The predicted octanol–water partition coefficient (Wildman–Crippen LogP) is 3.97. The minimum absolute atomic E-state index is 0.0468. The zero-order chi connectivity index (χ0) is 25.0. The van der Waals surface area contributed by atoms with Gasteiger partial charge in [0.25, 0.3) is 0 Å². The molecule has 0 aliphatic carbocycles. The number of imidazole rings is 1. The number of aromatic nitrogens is 2. The number of hydrogen-bond donors (Lipinski definition) is 1. The van der Waals surface area contributed by atoms with Gasteiger partial charge in [-0.05, 0) is 57.5 Å². The number of nitriles is 1. The van der Waals surface area contributed by atoms with E-state index in [0.29, 0.717) is 18.7 Å². The highest BCUT2D eigenvalue weighted by Gasteiger charge is 2.34. The highest BCUT2D eigenvalue weighted by Crippen LogP contribution is 2.24. The highest BCUT2D eigenvalue weighted by molar-refractivity contribution is 5.86. The smallest absolute Gasteiger partial charge is 0.244 e. The van der Waals surface area contributed by atoms with Crippen LogP contribution >= 0.6 is 0 Å². The normalized spacial score (nSPS) is 17.6. The number of carbonyl (C=O) groups is 1. The van der Waals surface area contributed by atoms with Crippen molar-refractivity contribution in [3.8, 4) is 6.07 Å². The molecule has 1 unspecified atom stereocenters. The van der Waals surface area contributed by atoms with Gasteiger partial charge >= 0.3 is 0 Å². The number of rotatable bonds is 6. The summed E-state index contributed by atoms with van der Waals surface area (Å²) in [5.41, 5.74) is 3.66. The van der Waals surface area contributed by atoms with Crippen LogP contribution in [0.25, 0.3) is 0 Å². The first-order valence-electron chi connectivity index (χ1n) is 12.1. The molecular weight excluding hydrogens is 436 g/mol. The summed E-state index contributed by atoms with van der Waals surface area (Å²) in [5, 5.41) is 12.3. The number of hydrogen-bond acceptors (Lipinski definition) is 5. The molecular formula is C28H34N6O. The van der Waals surface area contributed by atoms with Crippen LogP contribution < -0.4 is 10.2 Å². The fourth-order valence-corrected chi connectivity index (χ4v) is 4.62. The van der Waals surface area contributed by atoms with Crippen LogP contribution in [-0.4, -0.2) is 51.6 Å². The van der Waals surface area contributed by atoms with Crippen molar-refractivity contribution in [3.05, 3.63) is 83.9 Å². The molecule has 4 rings (SSSR count). The first kappa shape index (κ1) is 24.5. The molecule has 3 aromatic rings. The number of benzene rings is 2. The standard InChI is InChI=1S/C28H34N6O/c1-21(23-12-10-22(16-29)11-13-23)34-20-30-17-25(34)18-32-14-15-33(24-8-6-5-7-9-24)26(19-32)27(35)31-28(2,3)4/h5-13,17,20-21,26H,14-15,18-19H2,1-4H3,(H,31,35)/t21-,26?/m1/s1. The Balaban J connectivity index is 1.52. The van der Waals surface area contributed by atoms with Crippen molar-refractivity contribution in [2.75, 3.05) is 24.5 Å². The first-order chi connectivity index (χ1) is 16.7. The lowest BCUT2D eigenvalue weighted by molar-refractivity contribution is -0.124. The molecule has 0 spiro atoms. The summed E-state index contributed by atoms with van der Waals surface area (Å²) in [6.07, 6.45) is 3.77. The van der Waals surface area contributed by atoms with E-state index in [1.54, 1.807) is 0 Å². The van der Waals surface area contributed by atoms with Gasteiger partial charge in [-0.25, -0.2) is 4.98 Å². The maximum Gasteiger partial charge on any atom is 0.244 e. The van der Waals surface area contributed by atoms with Crippen LogP contribution in [0.3, 0.4) is 0 Å². The maximum absolute atomic E-state index is 13.3. The second-order valence-electron chi connectivity index (χ2n) is 10.2. The Bertz CT molecular complexity index is 1170. The number of para-hydroxylation sites is 1. The van der Waals surface area contributed by atoms with Gasteiger partial charge in [0.2, 0.25) is 5.91 Å². The summed E-state index contributed by atoms with van der Waals surface area (Å²) < 4.78 is 2.18. The van der Waals surface area contributed by atoms with Gasteiger partial charge in [0.15, 0.2) is 0 Å². The summed E-state index contributed by atoms with van der Waals surface area (Å²) in [4.78, 5) is 22.3. The SMILES string of the molecule is C[C@H](c1ccc(C#N)cc1)n1cncc1CN1CCN(c2ccccc2)C(C(=O)NC(C)(C)C)C1. The Morgan fingerprint density at radius 3 is 2.51 bits per heavy atom. The number of amides is 1. The first-order valence-corrected chi connectivity index (χ1v) is 12.1. The van der Waals surface area contributed by atoms with Crippen LogP contribution in [0, 0.1) is 11.3 Å². The van der Waals surface area contributed by atoms with Gasteiger partial charge in [0.1, 0.15) is 6.04 Å². The van der Waals surface area contributed by atoms with Gasteiger partial charge in [-0.2, -0.15) is 5.26 Å². The molecule has 2 heterocycles. The van der Waals surface area contributed by atoms with E-state index >= 15 is 0 Å². The molecule has 0 radical (unpaired) electrons. The van der Waals surface area contributed by atoms with E-state index in [4.69, 9.17) is 5.26 Å². The predicted molar refractivity (Wildman–Crippen MR) is 138 cm³/mol. The third-order valence-corrected chi connectivity index (χ3v) is 6.42. The highest BCUT2D eigenvalue weighted by atomic mass is 16.2. The van der Waals surface area contributed by atoms with Gasteiger partial charge in [-0.3, -0.25) is 9.69 Å². The number of nitrogens with one attached hydrogen (secondary N) is 1. The van der Waals surface area contributed by atoms with Crippen molar-refractivity contribution in [1.82, 2.24) is 19.8 Å². The van der Waals surface area contributed by atoms with E-state index in [0.717, 1.165) is 30.0 Å². The molecule has 0 saturated carbocycles. The minimum Gasteiger partial charge on any atom is -0.357 e. The molecule has 2 aromatic carbocycles. The second-order valence-corrected chi connectivity index (χ2v) is 10.2. The van der Waals surface area contributed by atoms with Crippen LogP contribution in [0.15, 0.2) is 67.1 Å². The van der Waals surface area contributed by atoms with E-state index in [1.165, 1.54) is 0 Å². The fourth-order valence-electron chi connectivity index (χ4n) is 4.62. The quantitative estimate of drug-likeness (QED) is 0.590. The van der Waals surface area contributed by atoms with Crippen molar-refractivity contribution < 1.29 is 4.79 Å². The molecule has 7 nitrogen and oxygen atoms in total. The van der Waals surface area contributed by atoms with Crippen LogP contribution in [0.1, 0.15) is 50.6 Å². The zero-order valence-corrected chi connectivity index (χ0v) is 21.0. The largest absolute Gasteiger partial charge is 0.357 e. The Kier molecular flexibility index (Phi) is 7.23. The summed E-state index contributed by atoms with van der Waals surface area (Å²) in [6.45, 7) is 11.1. The average molecular weight is 471 g/mol. The van der Waals surface area contributed by atoms with Gasteiger partial charge in [-0.1, -0.05) is 30.3 Å². The number of anilines is 1. The van der Waals surface area contributed by atoms with Crippen LogP contribution in [0.2, 0.25) is 0 Å². The lowest BCUT2D eigenvalue weighted by Gasteiger charge is -2.42. The molecule has 182 valence electrons. The van der Waals surface area contributed by atoms with Crippen LogP contribution in [0.5, 0.6) is 0 Å². The van der Waals surface area contributed by atoms with Crippen molar-refractivity contribution in [1.29, 1.82) is 5.26 Å². The van der Waals surface area contributed by atoms with Crippen LogP contribution in [0.4, 0.5) is 5.69 Å². The second kappa shape index (κ2) is 10.3. The number of piperazine rings is 1. The van der Waals surface area contributed by atoms with Crippen molar-refractivity contribution in [2.24, 2.45) is 0 Å². The molecule has 1 fully saturated rings. The minimum atomic E-state index is -0.295. The van der Waals surface area contributed by atoms with E-state index in [1.807, 2.05) is 75.8 Å². The van der Waals surface area contributed by atoms with E-state index in [9.17, 15) is 4.79 Å². The van der Waals surface area contributed by atoms with Gasteiger partial charge in [0, 0.05) is 43.6 Å². The van der Waals surface area contributed by atoms with Crippen molar-refractivity contribution >= 4 is 11.6 Å². The van der Waals surface area contributed by atoms with Gasteiger partial charge in [-0.15, -0.1) is 0 Å². The molecule has 7 heteroatoms. The Morgan fingerprint density at radius 2 is 1.86 bits per heavy atom. The molecule has 1 aliphatic rings. The monoisotopic (exact) mass is 470 g/mol. The molecule has 1 aromatic heterocycles. The summed E-state index contributed by atoms with van der Waals surface area (Å²) in [5.74, 6) is 0.0468. The molecule has 2 atom stereocenters. The molecule has 1 amide bonds. The lowest BCUT2D eigenvalue weighted by atomic mass is 10.0. The third kappa shape index (κ3) is 5.90. The molecule has 0 bridgehead atoms. The molecule has 35 heavy (non-hydrogen) atoms. The topological polar surface area (TPSA) is 77.2 Å². The third-order valence-electron chi connectivity index (χ3n) is 6.42. The number of nitrogens with zero attached hydrogens (tertiary/aromatic N) is 5. The Labute approximate surface area is 208 Å². The van der Waals surface area contributed by atoms with Gasteiger partial charge < -0.3 is 14.8 Å². The van der Waals surface area contributed by atoms with E-state index < -0.39 is 0 Å². The van der Waals surface area contributed by atoms with Crippen molar-refractivity contribution in [3.63, 3.8) is 0 Å².